The minimum atomic E-state index is -0.560. The molecule has 1 fully saturated rings. The summed E-state index contributed by atoms with van der Waals surface area (Å²) in [4.78, 5) is 30.8. The van der Waals surface area contributed by atoms with Gasteiger partial charge in [0.05, 0.1) is 22.8 Å². The summed E-state index contributed by atoms with van der Waals surface area (Å²) >= 11 is 12.2. The van der Waals surface area contributed by atoms with Gasteiger partial charge in [-0.25, -0.2) is 5.01 Å². The van der Waals surface area contributed by atoms with Crippen molar-refractivity contribution < 1.29 is 9.59 Å². The summed E-state index contributed by atoms with van der Waals surface area (Å²) in [5.41, 5.74) is 3.69. The van der Waals surface area contributed by atoms with Crippen molar-refractivity contribution in [1.82, 2.24) is 14.9 Å². The molecule has 1 saturated heterocycles. The van der Waals surface area contributed by atoms with E-state index in [0.29, 0.717) is 28.6 Å². The maximum Gasteiger partial charge on any atom is 0.266 e. The lowest BCUT2D eigenvalue weighted by Gasteiger charge is -2.40. The number of halogens is 2. The van der Waals surface area contributed by atoms with Crippen LogP contribution in [-0.2, 0) is 22.6 Å². The number of benzene rings is 2. The average Bonchev–Trinajstić information content (AvgIpc) is 3.09. The number of H-pyrrole nitrogens is 1. The quantitative estimate of drug-likeness (QED) is 0.635. The fourth-order valence-corrected chi connectivity index (χ4v) is 4.37. The van der Waals surface area contributed by atoms with E-state index >= 15 is 0 Å². The van der Waals surface area contributed by atoms with E-state index < -0.39 is 6.04 Å². The highest BCUT2D eigenvalue weighted by Crippen LogP contribution is 2.32. The Morgan fingerprint density at radius 2 is 1.90 bits per heavy atom. The molecule has 2 aromatic carbocycles. The highest BCUT2D eigenvalue weighted by Gasteiger charge is 2.43. The van der Waals surface area contributed by atoms with Crippen LogP contribution in [0.3, 0.4) is 0 Å². The number of hydrogen-bond acceptors (Lipinski definition) is 3. The molecule has 0 unspecified atom stereocenters. The van der Waals surface area contributed by atoms with Gasteiger partial charge in [-0.2, -0.15) is 5.10 Å². The van der Waals surface area contributed by atoms with Gasteiger partial charge < -0.3 is 9.88 Å². The summed E-state index contributed by atoms with van der Waals surface area (Å²) in [5, 5.41) is 7.32. The van der Waals surface area contributed by atoms with Crippen LogP contribution in [-0.4, -0.2) is 45.5 Å². The predicted octanol–water partition coefficient (Wildman–Crippen LogP) is 3.60. The van der Waals surface area contributed by atoms with Crippen molar-refractivity contribution in [2.75, 3.05) is 6.54 Å². The number of fused-ring (bicyclic) bond motifs is 4. The van der Waals surface area contributed by atoms with Crippen LogP contribution in [0.25, 0.3) is 10.9 Å². The van der Waals surface area contributed by atoms with Crippen molar-refractivity contribution in [3.05, 3.63) is 69.3 Å². The number of piperazine rings is 1. The Hall–Kier alpha value is -2.83. The van der Waals surface area contributed by atoms with Gasteiger partial charge in [-0.1, -0.05) is 53.5 Å². The third-order valence-electron chi connectivity index (χ3n) is 5.47. The minimum absolute atomic E-state index is 0.0976. The number of carbonyl (C=O) groups is 2. The number of hydrogen-bond donors (Lipinski definition) is 1. The van der Waals surface area contributed by atoms with Crippen molar-refractivity contribution in [1.29, 1.82) is 0 Å². The molecule has 2 aliphatic rings. The first kappa shape index (κ1) is 18.2. The molecule has 1 atom stereocenters. The molecule has 2 amide bonds. The summed E-state index contributed by atoms with van der Waals surface area (Å²) in [5.74, 6) is -0.330. The molecule has 8 heteroatoms. The van der Waals surface area contributed by atoms with E-state index in [1.54, 1.807) is 23.1 Å². The normalized spacial score (nSPS) is 19.2. The second-order valence-electron chi connectivity index (χ2n) is 7.15. The van der Waals surface area contributed by atoms with Gasteiger partial charge in [0.1, 0.15) is 12.6 Å². The summed E-state index contributed by atoms with van der Waals surface area (Å²) in [7, 11) is 0. The number of aromatic amines is 1. The summed E-state index contributed by atoms with van der Waals surface area (Å²) in [6.07, 6.45) is 1.93. The Morgan fingerprint density at radius 1 is 1.07 bits per heavy atom. The average molecular weight is 427 g/mol. The Kier molecular flexibility index (Phi) is 4.33. The maximum absolute atomic E-state index is 13.1. The third kappa shape index (κ3) is 2.99. The second-order valence-corrected chi connectivity index (χ2v) is 7.94. The van der Waals surface area contributed by atoms with Gasteiger partial charge in [0.15, 0.2) is 0 Å². The topological polar surface area (TPSA) is 68.8 Å². The fourth-order valence-electron chi connectivity index (χ4n) is 4.01. The first-order valence-electron chi connectivity index (χ1n) is 9.20. The van der Waals surface area contributed by atoms with Crippen LogP contribution in [0.2, 0.25) is 10.0 Å². The van der Waals surface area contributed by atoms with Gasteiger partial charge in [-0.15, -0.1) is 0 Å². The molecule has 6 nitrogen and oxygen atoms in total. The molecule has 1 N–H and O–H groups in total. The largest absolute Gasteiger partial charge is 0.357 e. The van der Waals surface area contributed by atoms with Crippen molar-refractivity contribution in [2.45, 2.75) is 19.0 Å². The zero-order chi connectivity index (χ0) is 20.1. The van der Waals surface area contributed by atoms with Crippen LogP contribution in [0, 0.1) is 0 Å². The zero-order valence-electron chi connectivity index (χ0n) is 15.2. The van der Waals surface area contributed by atoms with Crippen LogP contribution in [0.1, 0.15) is 16.8 Å². The van der Waals surface area contributed by atoms with E-state index in [1.165, 1.54) is 11.2 Å². The highest BCUT2D eigenvalue weighted by molar-refractivity contribution is 6.43. The Bertz CT molecular complexity index is 1190. The van der Waals surface area contributed by atoms with E-state index in [2.05, 4.69) is 10.1 Å². The number of hydrazone groups is 1. The van der Waals surface area contributed by atoms with Crippen molar-refractivity contribution in [2.24, 2.45) is 5.10 Å². The van der Waals surface area contributed by atoms with Crippen molar-refractivity contribution >= 4 is 52.1 Å². The SMILES string of the molecule is O=C1[C@@H]2Cc3c([nH]c4ccccc34)CN2C(=O)CN1N=Cc1cccc(Cl)c1Cl. The Balaban J connectivity index is 1.45. The molecule has 0 aliphatic carbocycles. The number of amides is 2. The Morgan fingerprint density at radius 3 is 2.76 bits per heavy atom. The lowest BCUT2D eigenvalue weighted by Crippen LogP contribution is -2.60. The molecule has 0 spiro atoms. The third-order valence-corrected chi connectivity index (χ3v) is 6.30. The molecule has 5 rings (SSSR count). The number of nitrogens with one attached hydrogen (secondary N) is 1. The van der Waals surface area contributed by atoms with Crippen molar-refractivity contribution in [3.63, 3.8) is 0 Å². The van der Waals surface area contributed by atoms with Gasteiger partial charge in [-0.05, 0) is 17.7 Å². The van der Waals surface area contributed by atoms with Gasteiger partial charge in [0.2, 0.25) is 5.91 Å². The number of aromatic nitrogens is 1. The molecule has 29 heavy (non-hydrogen) atoms. The summed E-state index contributed by atoms with van der Waals surface area (Å²) in [6.45, 7) is 0.302. The first-order valence-corrected chi connectivity index (χ1v) is 9.96. The van der Waals surface area contributed by atoms with Crippen LogP contribution in [0.5, 0.6) is 0 Å². The smallest absolute Gasteiger partial charge is 0.266 e. The van der Waals surface area contributed by atoms with E-state index in [1.807, 2.05) is 24.3 Å². The molecule has 0 radical (unpaired) electrons. The molecular formula is C21H16Cl2N4O2. The predicted molar refractivity (Wildman–Crippen MR) is 112 cm³/mol. The van der Waals surface area contributed by atoms with Crippen LogP contribution >= 0.6 is 23.2 Å². The van der Waals surface area contributed by atoms with E-state index in [4.69, 9.17) is 23.2 Å². The highest BCUT2D eigenvalue weighted by atomic mass is 35.5. The van der Waals surface area contributed by atoms with E-state index in [-0.39, 0.29) is 18.4 Å². The van der Waals surface area contributed by atoms with Crippen molar-refractivity contribution in [3.8, 4) is 0 Å². The molecule has 3 heterocycles. The first-order chi connectivity index (χ1) is 14.0. The molecule has 3 aromatic rings. The van der Waals surface area contributed by atoms with Crippen LogP contribution < -0.4 is 0 Å². The molecule has 0 bridgehead atoms. The lowest BCUT2D eigenvalue weighted by molar-refractivity contribution is -0.157. The fraction of sp³-hybridized carbons (Fsp3) is 0.190. The second kappa shape index (κ2) is 6.90. The van der Waals surface area contributed by atoms with Gasteiger partial charge in [-0.3, -0.25) is 9.59 Å². The molecule has 2 aliphatic heterocycles. The van der Waals surface area contributed by atoms with Crippen LogP contribution in [0.15, 0.2) is 47.6 Å². The number of nitrogens with zero attached hydrogens (tertiary/aromatic N) is 3. The maximum atomic E-state index is 13.1. The lowest BCUT2D eigenvalue weighted by atomic mass is 9.94. The van der Waals surface area contributed by atoms with Gasteiger partial charge >= 0.3 is 0 Å². The monoisotopic (exact) mass is 426 g/mol. The minimum Gasteiger partial charge on any atom is -0.357 e. The Labute approximate surface area is 176 Å². The van der Waals surface area contributed by atoms with E-state index in [9.17, 15) is 9.59 Å². The summed E-state index contributed by atoms with van der Waals surface area (Å²) in [6, 6.07) is 12.6. The number of rotatable bonds is 2. The number of para-hydroxylation sites is 1. The van der Waals surface area contributed by atoms with Crippen LogP contribution in [0.4, 0.5) is 0 Å². The van der Waals surface area contributed by atoms with Gasteiger partial charge in [0.25, 0.3) is 5.91 Å². The molecule has 1 aromatic heterocycles. The van der Waals surface area contributed by atoms with E-state index in [0.717, 1.165) is 22.2 Å². The number of carbonyl (C=O) groups excluding carboxylic acids is 2. The molecule has 146 valence electrons. The molecular weight excluding hydrogens is 411 g/mol. The zero-order valence-corrected chi connectivity index (χ0v) is 16.7. The standard InChI is InChI=1S/C21H16Cl2N4O2/c22-15-6-3-4-12(20(15)23)9-24-27-11-19(28)26-10-17-14(8-18(26)21(27)29)13-5-1-2-7-16(13)25-17/h1-7,9,18,25H,8,10-11H2/t18-/m0/s1. The van der Waals surface area contributed by atoms with Gasteiger partial charge in [0, 0.05) is 28.6 Å². The summed E-state index contributed by atoms with van der Waals surface area (Å²) < 4.78 is 0. The molecule has 0 saturated carbocycles.